The van der Waals surface area contributed by atoms with Crippen molar-refractivity contribution >= 4 is 39.1 Å². The first-order valence-corrected chi connectivity index (χ1v) is 10.1. The van der Waals surface area contributed by atoms with Crippen molar-refractivity contribution in [3.63, 3.8) is 0 Å². The molecule has 1 fully saturated rings. The molecule has 0 heterocycles. The summed E-state index contributed by atoms with van der Waals surface area (Å²) in [6.07, 6.45) is 6.05. The van der Waals surface area contributed by atoms with Gasteiger partial charge in [-0.1, -0.05) is 18.0 Å². The van der Waals surface area contributed by atoms with Gasteiger partial charge in [0.1, 0.15) is 0 Å². The topological polar surface area (TPSA) is 72.2 Å². The lowest BCUT2D eigenvalue weighted by molar-refractivity contribution is 0.421. The van der Waals surface area contributed by atoms with Crippen molar-refractivity contribution in [1.82, 2.24) is 4.72 Å². The average Bonchev–Trinajstić information content (AvgIpc) is 2.44. The van der Waals surface area contributed by atoms with E-state index in [0.29, 0.717) is 21.5 Å². The van der Waals surface area contributed by atoms with Crippen molar-refractivity contribution in [2.45, 2.75) is 48.8 Å². The average molecular weight is 349 g/mol. The molecule has 4 nitrogen and oxygen atoms in total. The monoisotopic (exact) mass is 348 g/mol. The Kier molecular flexibility index (Phi) is 5.46. The molecule has 0 spiro atoms. The minimum atomic E-state index is -3.55. The smallest absolute Gasteiger partial charge is 0.240 e. The SMILES string of the molecule is CSC1CCCC(NS(=O)(=O)c2cc(C)c(Cl)c(N)c2)C1. The summed E-state index contributed by atoms with van der Waals surface area (Å²) < 4.78 is 27.8. The van der Waals surface area contributed by atoms with Gasteiger partial charge in [0.2, 0.25) is 10.0 Å². The number of rotatable bonds is 4. The van der Waals surface area contributed by atoms with E-state index in [1.165, 1.54) is 6.07 Å². The van der Waals surface area contributed by atoms with Gasteiger partial charge < -0.3 is 5.73 Å². The van der Waals surface area contributed by atoms with E-state index in [2.05, 4.69) is 11.0 Å². The highest BCUT2D eigenvalue weighted by atomic mass is 35.5. The van der Waals surface area contributed by atoms with Gasteiger partial charge in [-0.25, -0.2) is 13.1 Å². The molecule has 1 aromatic rings. The molecule has 1 aliphatic rings. The molecule has 0 bridgehead atoms. The van der Waals surface area contributed by atoms with Gasteiger partial charge in [0.05, 0.1) is 15.6 Å². The van der Waals surface area contributed by atoms with Gasteiger partial charge in [-0.3, -0.25) is 0 Å². The maximum atomic E-state index is 12.5. The van der Waals surface area contributed by atoms with E-state index in [1.54, 1.807) is 24.8 Å². The predicted octanol–water partition coefficient (Wildman–Crippen LogP) is 3.18. The van der Waals surface area contributed by atoms with Crippen LogP contribution in [0.15, 0.2) is 17.0 Å². The number of aryl methyl sites for hydroxylation is 1. The minimum absolute atomic E-state index is 0.00147. The summed E-state index contributed by atoms with van der Waals surface area (Å²) in [6.45, 7) is 1.75. The summed E-state index contributed by atoms with van der Waals surface area (Å²) in [5.41, 5.74) is 6.73. The van der Waals surface area contributed by atoms with Gasteiger partial charge in [0, 0.05) is 11.3 Å². The van der Waals surface area contributed by atoms with Crippen LogP contribution in [0.1, 0.15) is 31.2 Å². The second-order valence-corrected chi connectivity index (χ2v) is 8.72. The number of nitrogens with two attached hydrogens (primary N) is 1. The quantitative estimate of drug-likeness (QED) is 0.820. The van der Waals surface area contributed by atoms with Crippen molar-refractivity contribution < 1.29 is 8.42 Å². The summed E-state index contributed by atoms with van der Waals surface area (Å²) in [5, 5.41) is 0.942. The van der Waals surface area contributed by atoms with Crippen LogP contribution in [0.25, 0.3) is 0 Å². The largest absolute Gasteiger partial charge is 0.397 e. The van der Waals surface area contributed by atoms with Crippen LogP contribution in [-0.4, -0.2) is 26.0 Å². The molecule has 0 radical (unpaired) electrons. The molecule has 1 saturated carbocycles. The van der Waals surface area contributed by atoms with Crippen LogP contribution < -0.4 is 10.5 Å². The molecule has 1 aliphatic carbocycles. The standard InChI is InChI=1S/C14H21ClN2O2S2/c1-9-6-12(8-13(16)14(9)15)21(18,19)17-10-4-3-5-11(7-10)20-2/h6,8,10-11,17H,3-5,7,16H2,1-2H3. The molecule has 2 rings (SSSR count). The minimum Gasteiger partial charge on any atom is -0.397 e. The van der Waals surface area contributed by atoms with Gasteiger partial charge >= 0.3 is 0 Å². The van der Waals surface area contributed by atoms with Crippen LogP contribution in [0.5, 0.6) is 0 Å². The molecular weight excluding hydrogens is 328 g/mol. The molecule has 0 aliphatic heterocycles. The Morgan fingerprint density at radius 1 is 1.38 bits per heavy atom. The number of hydrogen-bond acceptors (Lipinski definition) is 4. The van der Waals surface area contributed by atoms with Crippen LogP contribution in [0.4, 0.5) is 5.69 Å². The van der Waals surface area contributed by atoms with Crippen molar-refractivity contribution in [2.24, 2.45) is 0 Å². The zero-order chi connectivity index (χ0) is 15.6. The van der Waals surface area contributed by atoms with E-state index >= 15 is 0 Å². The molecule has 2 atom stereocenters. The molecule has 21 heavy (non-hydrogen) atoms. The fourth-order valence-corrected chi connectivity index (χ4v) is 5.01. The number of thioether (sulfide) groups is 1. The highest BCUT2D eigenvalue weighted by Gasteiger charge is 2.26. The first-order chi connectivity index (χ1) is 9.83. The molecule has 2 unspecified atom stereocenters. The molecule has 7 heteroatoms. The van der Waals surface area contributed by atoms with Crippen LogP contribution >= 0.6 is 23.4 Å². The van der Waals surface area contributed by atoms with E-state index < -0.39 is 10.0 Å². The molecule has 0 amide bonds. The normalized spacial score (nSPS) is 23.2. The fourth-order valence-electron chi connectivity index (χ4n) is 2.67. The van der Waals surface area contributed by atoms with Gasteiger partial charge in [0.15, 0.2) is 0 Å². The summed E-state index contributed by atoms with van der Waals surface area (Å²) in [4.78, 5) is 0.188. The van der Waals surface area contributed by atoms with E-state index in [4.69, 9.17) is 17.3 Å². The Bertz CT molecular complexity index is 596. The number of nitrogens with one attached hydrogen (secondary N) is 1. The molecule has 0 saturated heterocycles. The summed E-state index contributed by atoms with van der Waals surface area (Å²) in [6, 6.07) is 2.99. The lowest BCUT2D eigenvalue weighted by Crippen LogP contribution is -2.39. The van der Waals surface area contributed by atoms with Crippen LogP contribution in [-0.2, 0) is 10.0 Å². The first kappa shape index (κ1) is 16.9. The van der Waals surface area contributed by atoms with Crippen molar-refractivity contribution in [1.29, 1.82) is 0 Å². The van der Waals surface area contributed by atoms with E-state index in [9.17, 15) is 8.42 Å². The maximum Gasteiger partial charge on any atom is 0.240 e. The lowest BCUT2D eigenvalue weighted by atomic mass is 9.96. The predicted molar refractivity (Wildman–Crippen MR) is 90.5 cm³/mol. The number of halogens is 1. The molecular formula is C14H21ClN2O2S2. The third kappa shape index (κ3) is 4.06. The summed E-state index contributed by atoms with van der Waals surface area (Å²) >= 11 is 7.79. The van der Waals surface area contributed by atoms with Gasteiger partial charge in [-0.05, 0) is 50.1 Å². The molecule has 3 N–H and O–H groups in total. The highest BCUT2D eigenvalue weighted by molar-refractivity contribution is 7.99. The molecule has 1 aromatic carbocycles. The number of nitrogen functional groups attached to an aromatic ring is 1. The van der Waals surface area contributed by atoms with Gasteiger partial charge in [0.25, 0.3) is 0 Å². The summed E-state index contributed by atoms with van der Waals surface area (Å²) in [7, 11) is -3.55. The van der Waals surface area contributed by atoms with Crippen molar-refractivity contribution in [3.8, 4) is 0 Å². The van der Waals surface area contributed by atoms with Crippen LogP contribution in [0.2, 0.25) is 5.02 Å². The third-order valence-corrected chi connectivity index (χ3v) is 6.96. The Labute approximate surface area is 135 Å². The Morgan fingerprint density at radius 2 is 2.10 bits per heavy atom. The zero-order valence-electron chi connectivity index (χ0n) is 12.2. The number of hydrogen-bond donors (Lipinski definition) is 2. The van der Waals surface area contributed by atoms with E-state index in [-0.39, 0.29) is 10.9 Å². The molecule has 0 aromatic heterocycles. The lowest BCUT2D eigenvalue weighted by Gasteiger charge is -2.28. The van der Waals surface area contributed by atoms with Gasteiger partial charge in [-0.15, -0.1) is 0 Å². The van der Waals surface area contributed by atoms with Crippen molar-refractivity contribution in [2.75, 3.05) is 12.0 Å². The van der Waals surface area contributed by atoms with Gasteiger partial charge in [-0.2, -0.15) is 11.8 Å². The Balaban J connectivity index is 2.18. The number of benzene rings is 1. The third-order valence-electron chi connectivity index (χ3n) is 3.85. The van der Waals surface area contributed by atoms with E-state index in [0.717, 1.165) is 25.7 Å². The zero-order valence-corrected chi connectivity index (χ0v) is 14.6. The maximum absolute atomic E-state index is 12.5. The number of sulfonamides is 1. The highest BCUT2D eigenvalue weighted by Crippen LogP contribution is 2.30. The Morgan fingerprint density at radius 3 is 2.71 bits per heavy atom. The molecule has 118 valence electrons. The fraction of sp³-hybridized carbons (Fsp3) is 0.571. The van der Waals surface area contributed by atoms with Crippen LogP contribution in [0, 0.1) is 6.92 Å². The number of anilines is 1. The second-order valence-electron chi connectivity index (χ2n) is 5.49. The van der Waals surface area contributed by atoms with Crippen molar-refractivity contribution in [3.05, 3.63) is 22.7 Å². The first-order valence-electron chi connectivity index (χ1n) is 6.94. The summed E-state index contributed by atoms with van der Waals surface area (Å²) in [5.74, 6) is 0. The Hall–Kier alpha value is -0.430. The van der Waals surface area contributed by atoms with Crippen LogP contribution in [0.3, 0.4) is 0 Å². The second kappa shape index (κ2) is 6.77. The van der Waals surface area contributed by atoms with E-state index in [1.807, 2.05) is 0 Å².